The zero-order valence-electron chi connectivity index (χ0n) is 12.3. The van der Waals surface area contributed by atoms with Gasteiger partial charge in [0.05, 0.1) is 6.04 Å². The van der Waals surface area contributed by atoms with Crippen LogP contribution in [0.25, 0.3) is 11.3 Å². The summed E-state index contributed by atoms with van der Waals surface area (Å²) in [6.07, 6.45) is 0.553. The number of rotatable bonds is 4. The standard InChI is InChI=1S/C17H13F2N3O/c1-11(12-5-3-2-4-6-12)22-17(16(10-23)20-21-22)13-7-8-14(18)15(19)9-13/h2-11H,1H3. The van der Waals surface area contributed by atoms with Crippen LogP contribution in [-0.4, -0.2) is 21.3 Å². The predicted molar refractivity (Wildman–Crippen MR) is 81.0 cm³/mol. The first kappa shape index (κ1) is 15.0. The van der Waals surface area contributed by atoms with Crippen LogP contribution in [0.4, 0.5) is 8.78 Å². The van der Waals surface area contributed by atoms with Gasteiger partial charge in [0, 0.05) is 5.56 Å². The minimum absolute atomic E-state index is 0.0822. The van der Waals surface area contributed by atoms with E-state index in [-0.39, 0.29) is 11.7 Å². The van der Waals surface area contributed by atoms with Gasteiger partial charge in [-0.1, -0.05) is 35.5 Å². The molecule has 0 amide bonds. The van der Waals surface area contributed by atoms with E-state index in [1.807, 2.05) is 37.3 Å². The summed E-state index contributed by atoms with van der Waals surface area (Å²) in [6.45, 7) is 1.89. The fourth-order valence-electron chi connectivity index (χ4n) is 2.45. The molecule has 0 fully saturated rings. The number of hydrogen-bond donors (Lipinski definition) is 0. The Kier molecular flexibility index (Phi) is 3.97. The molecule has 2 aromatic carbocycles. The lowest BCUT2D eigenvalue weighted by Gasteiger charge is -2.15. The molecule has 116 valence electrons. The third-order valence-electron chi connectivity index (χ3n) is 3.67. The summed E-state index contributed by atoms with van der Waals surface area (Å²) in [5, 5.41) is 7.85. The van der Waals surface area contributed by atoms with E-state index in [2.05, 4.69) is 10.3 Å². The molecule has 1 unspecified atom stereocenters. The number of carbonyl (C=O) groups is 1. The van der Waals surface area contributed by atoms with Crippen LogP contribution in [0, 0.1) is 11.6 Å². The Bertz CT molecular complexity index is 846. The quantitative estimate of drug-likeness (QED) is 0.691. The van der Waals surface area contributed by atoms with Gasteiger partial charge >= 0.3 is 0 Å². The van der Waals surface area contributed by atoms with Crippen molar-refractivity contribution < 1.29 is 13.6 Å². The lowest BCUT2D eigenvalue weighted by Crippen LogP contribution is -2.10. The van der Waals surface area contributed by atoms with E-state index in [1.54, 1.807) is 0 Å². The lowest BCUT2D eigenvalue weighted by atomic mass is 10.1. The largest absolute Gasteiger partial charge is 0.296 e. The zero-order valence-corrected chi connectivity index (χ0v) is 12.3. The molecule has 0 aliphatic carbocycles. The first-order valence-corrected chi connectivity index (χ1v) is 7.02. The molecule has 23 heavy (non-hydrogen) atoms. The highest BCUT2D eigenvalue weighted by Crippen LogP contribution is 2.28. The Morgan fingerprint density at radius 3 is 2.48 bits per heavy atom. The summed E-state index contributed by atoms with van der Waals surface area (Å²) in [7, 11) is 0. The maximum absolute atomic E-state index is 13.5. The van der Waals surface area contributed by atoms with Crippen molar-refractivity contribution in [3.8, 4) is 11.3 Å². The van der Waals surface area contributed by atoms with Crippen molar-refractivity contribution >= 4 is 6.29 Å². The third kappa shape index (κ3) is 2.75. The van der Waals surface area contributed by atoms with Crippen LogP contribution in [0.5, 0.6) is 0 Å². The molecule has 0 bridgehead atoms. The summed E-state index contributed by atoms with van der Waals surface area (Å²) >= 11 is 0. The maximum Gasteiger partial charge on any atom is 0.172 e. The van der Waals surface area contributed by atoms with E-state index in [4.69, 9.17) is 0 Å². The highest BCUT2D eigenvalue weighted by Gasteiger charge is 2.20. The van der Waals surface area contributed by atoms with Crippen LogP contribution in [0.3, 0.4) is 0 Å². The molecule has 0 spiro atoms. The molecule has 1 heterocycles. The van der Waals surface area contributed by atoms with Crippen molar-refractivity contribution in [2.24, 2.45) is 0 Å². The summed E-state index contributed by atoms with van der Waals surface area (Å²) in [6, 6.07) is 12.7. The van der Waals surface area contributed by atoms with Crippen LogP contribution >= 0.6 is 0 Å². The molecule has 6 heteroatoms. The highest BCUT2D eigenvalue weighted by molar-refractivity contribution is 5.83. The van der Waals surface area contributed by atoms with Gasteiger partial charge in [0.15, 0.2) is 23.6 Å². The normalized spacial score (nSPS) is 12.1. The van der Waals surface area contributed by atoms with Gasteiger partial charge < -0.3 is 0 Å². The van der Waals surface area contributed by atoms with Crippen molar-refractivity contribution in [1.82, 2.24) is 15.0 Å². The number of nitrogens with zero attached hydrogens (tertiary/aromatic N) is 3. The van der Waals surface area contributed by atoms with E-state index in [1.165, 1.54) is 10.7 Å². The van der Waals surface area contributed by atoms with Crippen LogP contribution in [0.15, 0.2) is 48.5 Å². The fourth-order valence-corrected chi connectivity index (χ4v) is 2.45. The van der Waals surface area contributed by atoms with Gasteiger partial charge in [-0.05, 0) is 30.7 Å². The molecule has 0 aliphatic heterocycles. The van der Waals surface area contributed by atoms with Gasteiger partial charge in [-0.3, -0.25) is 4.79 Å². The summed E-state index contributed by atoms with van der Waals surface area (Å²) < 4.78 is 28.2. The number of hydrogen-bond acceptors (Lipinski definition) is 3. The smallest absolute Gasteiger partial charge is 0.172 e. The van der Waals surface area contributed by atoms with Crippen LogP contribution in [-0.2, 0) is 0 Å². The molecule has 3 rings (SSSR count). The molecule has 0 saturated carbocycles. The second-order valence-corrected chi connectivity index (χ2v) is 5.10. The van der Waals surface area contributed by atoms with Gasteiger partial charge in [-0.2, -0.15) is 0 Å². The summed E-state index contributed by atoms with van der Waals surface area (Å²) in [4.78, 5) is 11.2. The molecule has 1 aromatic heterocycles. The Morgan fingerprint density at radius 1 is 1.09 bits per heavy atom. The topological polar surface area (TPSA) is 47.8 Å². The van der Waals surface area contributed by atoms with Gasteiger partial charge in [0.1, 0.15) is 5.69 Å². The molecule has 1 atom stereocenters. The van der Waals surface area contributed by atoms with Gasteiger partial charge in [-0.25, -0.2) is 13.5 Å². The second-order valence-electron chi connectivity index (χ2n) is 5.10. The lowest BCUT2D eigenvalue weighted by molar-refractivity contribution is 0.111. The number of halogens is 2. The summed E-state index contributed by atoms with van der Waals surface area (Å²) in [5.41, 5.74) is 1.74. The number of benzene rings is 2. The Balaban J connectivity index is 2.14. The minimum Gasteiger partial charge on any atom is -0.296 e. The Hall–Kier alpha value is -2.89. The van der Waals surface area contributed by atoms with E-state index in [0.29, 0.717) is 17.5 Å². The van der Waals surface area contributed by atoms with Crippen molar-refractivity contribution in [3.63, 3.8) is 0 Å². The number of aromatic nitrogens is 3. The first-order valence-electron chi connectivity index (χ1n) is 7.02. The molecule has 0 N–H and O–H groups in total. The van der Waals surface area contributed by atoms with E-state index >= 15 is 0 Å². The fraction of sp³-hybridized carbons (Fsp3) is 0.118. The highest BCUT2D eigenvalue weighted by atomic mass is 19.2. The van der Waals surface area contributed by atoms with Gasteiger partial charge in [0.25, 0.3) is 0 Å². The minimum atomic E-state index is -0.987. The molecular weight excluding hydrogens is 300 g/mol. The Labute approximate surface area is 131 Å². The molecule has 4 nitrogen and oxygen atoms in total. The monoisotopic (exact) mass is 313 g/mol. The molecule has 0 aliphatic rings. The number of carbonyl (C=O) groups excluding carboxylic acids is 1. The van der Waals surface area contributed by atoms with Crippen molar-refractivity contribution in [3.05, 3.63) is 71.4 Å². The average molecular weight is 313 g/mol. The van der Waals surface area contributed by atoms with Crippen molar-refractivity contribution in [2.75, 3.05) is 0 Å². The first-order chi connectivity index (χ1) is 11.1. The molecule has 0 saturated heterocycles. The van der Waals surface area contributed by atoms with Crippen LogP contribution in [0.2, 0.25) is 0 Å². The Morgan fingerprint density at radius 2 is 1.83 bits per heavy atom. The third-order valence-corrected chi connectivity index (χ3v) is 3.67. The molecule has 0 radical (unpaired) electrons. The SMILES string of the molecule is CC(c1ccccc1)n1nnc(C=O)c1-c1ccc(F)c(F)c1. The van der Waals surface area contributed by atoms with E-state index < -0.39 is 11.6 Å². The number of aldehydes is 1. The van der Waals surface area contributed by atoms with Crippen molar-refractivity contribution in [1.29, 1.82) is 0 Å². The predicted octanol–water partition coefficient (Wildman–Crippen LogP) is 3.65. The van der Waals surface area contributed by atoms with Gasteiger partial charge in [0.2, 0.25) is 0 Å². The van der Waals surface area contributed by atoms with Gasteiger partial charge in [-0.15, -0.1) is 5.10 Å². The molecular formula is C17H13F2N3O. The summed E-state index contributed by atoms with van der Waals surface area (Å²) in [5.74, 6) is -1.93. The van der Waals surface area contributed by atoms with Crippen LogP contribution < -0.4 is 0 Å². The average Bonchev–Trinajstić information content (AvgIpc) is 3.01. The maximum atomic E-state index is 13.5. The van der Waals surface area contributed by atoms with Crippen molar-refractivity contribution in [2.45, 2.75) is 13.0 Å². The van der Waals surface area contributed by atoms with E-state index in [9.17, 15) is 13.6 Å². The second kappa shape index (κ2) is 6.08. The van der Waals surface area contributed by atoms with E-state index in [0.717, 1.165) is 17.7 Å². The van der Waals surface area contributed by atoms with Crippen LogP contribution in [0.1, 0.15) is 29.0 Å². The zero-order chi connectivity index (χ0) is 16.4. The molecule has 3 aromatic rings.